The van der Waals surface area contributed by atoms with Crippen molar-refractivity contribution < 1.29 is 24.0 Å². The van der Waals surface area contributed by atoms with E-state index in [2.05, 4.69) is 29.0 Å². The van der Waals surface area contributed by atoms with Gasteiger partial charge in [-0.05, 0) is 82.8 Å². The molecule has 46 heavy (non-hydrogen) atoms. The van der Waals surface area contributed by atoms with Crippen LogP contribution in [0.2, 0.25) is 0 Å². The van der Waals surface area contributed by atoms with Crippen molar-refractivity contribution in [2.24, 2.45) is 17.1 Å². The number of primary amides is 1. The third kappa shape index (κ3) is 7.86. The molecule has 4 aliphatic rings. The Morgan fingerprint density at radius 1 is 0.783 bits per heavy atom. The number of piperidine rings is 1. The standard InChI is InChI=1S/C34H59N7O5/c1-22(2)27(38(7)33(46)28(34(3,4)5)36-30(43)24-13-8-9-17-37(24)6)21-39-18-10-15-25(39)31(44)41-20-12-16-26(41)32(45)40-19-11-14-23(40)29(35)42/h22-28H,8-21H2,1-7H3,(H2,35,42)(H,36,43)/t23-,24+,25?,26-,27+,28?/m0/s1. The number of likely N-dealkylation sites (tertiary alicyclic amines) is 4. The number of rotatable bonds is 10. The third-order valence-electron chi connectivity index (χ3n) is 10.8. The lowest BCUT2D eigenvalue weighted by Gasteiger charge is -2.41. The van der Waals surface area contributed by atoms with Gasteiger partial charge in [-0.1, -0.05) is 41.0 Å². The fraction of sp³-hybridized carbons (Fsp3) is 0.853. The molecule has 0 bridgehead atoms. The largest absolute Gasteiger partial charge is 0.368 e. The predicted molar refractivity (Wildman–Crippen MR) is 176 cm³/mol. The van der Waals surface area contributed by atoms with Crippen LogP contribution in [0.4, 0.5) is 0 Å². The minimum absolute atomic E-state index is 0.0453. The van der Waals surface area contributed by atoms with Gasteiger partial charge in [-0.2, -0.15) is 0 Å². The van der Waals surface area contributed by atoms with Crippen LogP contribution in [0.3, 0.4) is 0 Å². The van der Waals surface area contributed by atoms with Crippen LogP contribution in [0.1, 0.15) is 92.4 Å². The molecule has 3 N–H and O–H groups in total. The maximum Gasteiger partial charge on any atom is 0.246 e. The molecule has 4 heterocycles. The van der Waals surface area contributed by atoms with Crippen molar-refractivity contribution in [3.63, 3.8) is 0 Å². The molecule has 2 unspecified atom stereocenters. The van der Waals surface area contributed by atoms with Gasteiger partial charge in [-0.25, -0.2) is 0 Å². The average molecular weight is 646 g/mol. The smallest absolute Gasteiger partial charge is 0.246 e. The van der Waals surface area contributed by atoms with Gasteiger partial charge in [0.15, 0.2) is 0 Å². The van der Waals surface area contributed by atoms with Crippen LogP contribution >= 0.6 is 0 Å². The first kappa shape index (κ1) is 36.1. The second-order valence-electron chi connectivity index (χ2n) is 15.5. The van der Waals surface area contributed by atoms with Crippen molar-refractivity contribution in [1.82, 2.24) is 29.8 Å². The Balaban J connectivity index is 1.46. The summed E-state index contributed by atoms with van der Waals surface area (Å²) in [6, 6.07) is -2.65. The van der Waals surface area contributed by atoms with E-state index in [1.165, 1.54) is 0 Å². The second kappa shape index (κ2) is 15.0. The summed E-state index contributed by atoms with van der Waals surface area (Å²) in [4.78, 5) is 76.6. The van der Waals surface area contributed by atoms with Crippen LogP contribution in [-0.2, 0) is 24.0 Å². The van der Waals surface area contributed by atoms with Crippen LogP contribution in [0, 0.1) is 11.3 Å². The number of nitrogens with zero attached hydrogens (tertiary/aromatic N) is 5. The van der Waals surface area contributed by atoms with Crippen molar-refractivity contribution >= 4 is 29.5 Å². The first-order chi connectivity index (χ1) is 21.6. The van der Waals surface area contributed by atoms with Crippen LogP contribution in [-0.4, -0.2) is 137 Å². The maximum atomic E-state index is 14.2. The molecule has 4 fully saturated rings. The summed E-state index contributed by atoms with van der Waals surface area (Å²) in [6.45, 7) is 13.3. The summed E-state index contributed by atoms with van der Waals surface area (Å²) >= 11 is 0. The van der Waals surface area contributed by atoms with Crippen molar-refractivity contribution in [3.8, 4) is 0 Å². The van der Waals surface area contributed by atoms with Crippen molar-refractivity contribution in [2.75, 3.05) is 46.8 Å². The molecule has 0 saturated carbocycles. The van der Waals surface area contributed by atoms with Crippen molar-refractivity contribution in [2.45, 2.75) is 129 Å². The molecule has 6 atom stereocenters. The molecule has 12 heteroatoms. The number of hydrogen-bond acceptors (Lipinski definition) is 7. The molecule has 4 rings (SSSR count). The first-order valence-electron chi connectivity index (χ1n) is 17.5. The van der Waals surface area contributed by atoms with E-state index in [1.54, 1.807) is 14.7 Å². The zero-order valence-corrected chi connectivity index (χ0v) is 29.3. The van der Waals surface area contributed by atoms with Crippen LogP contribution in [0.15, 0.2) is 0 Å². The highest BCUT2D eigenvalue weighted by Gasteiger charge is 2.46. The zero-order chi connectivity index (χ0) is 33.9. The summed E-state index contributed by atoms with van der Waals surface area (Å²) in [7, 11) is 3.79. The topological polar surface area (TPSA) is 140 Å². The molecule has 0 aromatic carbocycles. The van der Waals surface area contributed by atoms with Gasteiger partial charge in [0, 0.05) is 32.7 Å². The molecular weight excluding hydrogens is 586 g/mol. The Morgan fingerprint density at radius 2 is 1.33 bits per heavy atom. The monoisotopic (exact) mass is 645 g/mol. The zero-order valence-electron chi connectivity index (χ0n) is 29.3. The Labute approximate surface area is 275 Å². The van der Waals surface area contributed by atoms with Crippen LogP contribution < -0.4 is 11.1 Å². The number of likely N-dealkylation sites (N-methyl/N-ethyl adjacent to an activating group) is 2. The normalized spacial score (nSPS) is 27.6. The van der Waals surface area contributed by atoms with Gasteiger partial charge in [0.25, 0.3) is 0 Å². The molecule has 0 spiro atoms. The van der Waals surface area contributed by atoms with E-state index in [0.29, 0.717) is 38.9 Å². The van der Waals surface area contributed by atoms with Crippen molar-refractivity contribution in [3.05, 3.63) is 0 Å². The van der Waals surface area contributed by atoms with Gasteiger partial charge in [-0.3, -0.25) is 33.8 Å². The number of nitrogens with two attached hydrogens (primary N) is 1. The quantitative estimate of drug-likeness (QED) is 0.366. The van der Waals surface area contributed by atoms with Gasteiger partial charge < -0.3 is 25.8 Å². The number of hydrogen-bond donors (Lipinski definition) is 2. The minimum Gasteiger partial charge on any atom is -0.368 e. The Hall–Kier alpha value is -2.73. The van der Waals surface area contributed by atoms with Crippen LogP contribution in [0.5, 0.6) is 0 Å². The van der Waals surface area contributed by atoms with Crippen LogP contribution in [0.25, 0.3) is 0 Å². The van der Waals surface area contributed by atoms with Gasteiger partial charge in [-0.15, -0.1) is 0 Å². The highest BCUT2D eigenvalue weighted by molar-refractivity contribution is 5.94. The fourth-order valence-corrected chi connectivity index (χ4v) is 8.00. The number of carbonyl (C=O) groups excluding carboxylic acids is 5. The molecule has 4 saturated heterocycles. The van der Waals surface area contributed by atoms with Gasteiger partial charge in [0.05, 0.1) is 12.1 Å². The molecule has 0 radical (unpaired) electrons. The highest BCUT2D eigenvalue weighted by atomic mass is 16.2. The molecule has 0 aromatic rings. The maximum absolute atomic E-state index is 14.2. The Bertz CT molecular complexity index is 1140. The lowest BCUT2D eigenvalue weighted by molar-refractivity contribution is -0.148. The second-order valence-corrected chi connectivity index (χ2v) is 15.5. The summed E-state index contributed by atoms with van der Waals surface area (Å²) in [5.41, 5.74) is 5.09. The lowest BCUT2D eigenvalue weighted by Crippen LogP contribution is -2.61. The van der Waals surface area contributed by atoms with Gasteiger partial charge in [0.2, 0.25) is 29.5 Å². The summed E-state index contributed by atoms with van der Waals surface area (Å²) in [5, 5.41) is 3.13. The molecule has 12 nitrogen and oxygen atoms in total. The van der Waals surface area contributed by atoms with E-state index < -0.39 is 29.4 Å². The van der Waals surface area contributed by atoms with Gasteiger partial charge in [0.1, 0.15) is 18.1 Å². The summed E-state index contributed by atoms with van der Waals surface area (Å²) in [5.74, 6) is -0.821. The Kier molecular flexibility index (Phi) is 11.8. The molecular formula is C34H59N7O5. The average Bonchev–Trinajstić information content (AvgIpc) is 3.77. The van der Waals surface area contributed by atoms with E-state index in [-0.39, 0.29) is 47.7 Å². The number of amides is 5. The van der Waals surface area contributed by atoms with Crippen molar-refractivity contribution in [1.29, 1.82) is 0 Å². The first-order valence-corrected chi connectivity index (χ1v) is 17.5. The molecule has 260 valence electrons. The van der Waals surface area contributed by atoms with E-state index >= 15 is 0 Å². The molecule has 0 aromatic heterocycles. The summed E-state index contributed by atoms with van der Waals surface area (Å²) in [6.07, 6.45) is 7.04. The summed E-state index contributed by atoms with van der Waals surface area (Å²) < 4.78 is 0. The highest BCUT2D eigenvalue weighted by Crippen LogP contribution is 2.30. The molecule has 5 amide bonds. The van der Waals surface area contributed by atoms with E-state index in [1.807, 2.05) is 34.9 Å². The number of nitrogens with one attached hydrogen (secondary N) is 1. The predicted octanol–water partition coefficient (Wildman–Crippen LogP) is 1.42. The third-order valence-corrected chi connectivity index (χ3v) is 10.8. The molecule has 0 aliphatic carbocycles. The molecule has 4 aliphatic heterocycles. The van der Waals surface area contributed by atoms with E-state index in [0.717, 1.165) is 51.6 Å². The minimum atomic E-state index is -0.691. The fourth-order valence-electron chi connectivity index (χ4n) is 8.00. The SMILES string of the molecule is CC(C)[C@@H](CN1CCCC1C(=O)N1CCC[C@H]1C(=O)N1CCC[C@H]1C(N)=O)N(C)C(=O)C(NC(=O)[C@H]1CCCCN1C)C(C)(C)C. The number of carbonyl (C=O) groups is 5. The van der Waals surface area contributed by atoms with Gasteiger partial charge >= 0.3 is 0 Å². The lowest BCUT2D eigenvalue weighted by atomic mass is 9.84. The Morgan fingerprint density at radius 3 is 1.91 bits per heavy atom. The van der Waals surface area contributed by atoms with E-state index in [4.69, 9.17) is 5.73 Å². The van der Waals surface area contributed by atoms with E-state index in [9.17, 15) is 24.0 Å².